The van der Waals surface area contributed by atoms with E-state index in [9.17, 15) is 9.59 Å². The molecule has 2 aliphatic heterocycles. The summed E-state index contributed by atoms with van der Waals surface area (Å²) in [5.41, 5.74) is 2.89. The van der Waals surface area contributed by atoms with Crippen molar-refractivity contribution in [2.75, 3.05) is 13.6 Å². The third-order valence-electron chi connectivity index (χ3n) is 7.90. The first kappa shape index (κ1) is 21.7. The minimum atomic E-state index is -0.524. The van der Waals surface area contributed by atoms with E-state index < -0.39 is 6.10 Å². The predicted molar refractivity (Wildman–Crippen MR) is 126 cm³/mol. The Bertz CT molecular complexity index is 1210. The molecule has 0 aromatic heterocycles. The molecule has 0 unspecified atom stereocenters. The van der Waals surface area contributed by atoms with E-state index in [0.29, 0.717) is 22.6 Å². The second-order valence-corrected chi connectivity index (χ2v) is 10.2. The van der Waals surface area contributed by atoms with Crippen molar-refractivity contribution in [3.8, 4) is 11.5 Å². The van der Waals surface area contributed by atoms with Crippen molar-refractivity contribution in [2.45, 2.75) is 49.9 Å². The number of nitrogens with zero attached hydrogens (tertiary/aromatic N) is 1. The fourth-order valence-electron chi connectivity index (χ4n) is 6.51. The first-order chi connectivity index (χ1) is 16.4. The lowest BCUT2D eigenvalue weighted by molar-refractivity contribution is -0.154. The van der Waals surface area contributed by atoms with E-state index >= 15 is 0 Å². The van der Waals surface area contributed by atoms with E-state index in [1.54, 1.807) is 12.1 Å². The normalized spacial score (nSPS) is 30.3. The Morgan fingerprint density at radius 1 is 1.18 bits per heavy atom. The van der Waals surface area contributed by atoms with Gasteiger partial charge in [-0.15, -0.1) is 0 Å². The van der Waals surface area contributed by atoms with Gasteiger partial charge in [-0.25, -0.2) is 0 Å². The zero-order chi connectivity index (χ0) is 23.6. The summed E-state index contributed by atoms with van der Waals surface area (Å²) >= 11 is 5.97. The molecule has 2 aromatic rings. The molecule has 6 rings (SSSR count). The summed E-state index contributed by atoms with van der Waals surface area (Å²) in [6.45, 7) is 2.32. The Morgan fingerprint density at radius 2 is 1.97 bits per heavy atom. The van der Waals surface area contributed by atoms with Crippen LogP contribution in [0.4, 0.5) is 0 Å². The second-order valence-electron chi connectivity index (χ2n) is 9.77. The summed E-state index contributed by atoms with van der Waals surface area (Å²) in [4.78, 5) is 27.1. The molecular formula is C27H26ClNO5. The summed E-state index contributed by atoms with van der Waals surface area (Å²) in [5, 5.41) is 0.628. The van der Waals surface area contributed by atoms with Gasteiger partial charge >= 0.3 is 11.9 Å². The number of benzene rings is 2. The highest BCUT2D eigenvalue weighted by Gasteiger charge is 2.65. The van der Waals surface area contributed by atoms with Crippen molar-refractivity contribution in [2.24, 2.45) is 5.92 Å². The first-order valence-electron chi connectivity index (χ1n) is 11.7. The highest BCUT2D eigenvalue weighted by atomic mass is 35.5. The van der Waals surface area contributed by atoms with Crippen LogP contribution in [-0.2, 0) is 32.6 Å². The molecule has 0 amide bonds. The van der Waals surface area contributed by atoms with Gasteiger partial charge in [-0.2, -0.15) is 0 Å². The minimum absolute atomic E-state index is 0.160. The van der Waals surface area contributed by atoms with E-state index in [4.69, 9.17) is 25.8 Å². The third kappa shape index (κ3) is 3.19. The van der Waals surface area contributed by atoms with Gasteiger partial charge in [-0.1, -0.05) is 35.9 Å². The Balaban J connectivity index is 1.37. The summed E-state index contributed by atoms with van der Waals surface area (Å²) < 4.78 is 18.1. The average Bonchev–Trinajstić information content (AvgIpc) is 3.15. The first-order valence-corrected chi connectivity index (χ1v) is 12.1. The molecule has 34 heavy (non-hydrogen) atoms. The largest absolute Gasteiger partial charge is 0.481 e. The molecule has 176 valence electrons. The van der Waals surface area contributed by atoms with E-state index in [1.165, 1.54) is 12.5 Å². The molecule has 2 aliphatic carbocycles. The maximum absolute atomic E-state index is 12.9. The van der Waals surface area contributed by atoms with Crippen LogP contribution in [0.25, 0.3) is 0 Å². The van der Waals surface area contributed by atoms with Crippen molar-refractivity contribution >= 4 is 23.5 Å². The number of piperidine rings is 1. The van der Waals surface area contributed by atoms with Crippen LogP contribution in [0.5, 0.6) is 11.5 Å². The summed E-state index contributed by atoms with van der Waals surface area (Å²) in [6.07, 6.45) is 5.27. The molecule has 2 aromatic carbocycles. The van der Waals surface area contributed by atoms with Gasteiger partial charge < -0.3 is 19.1 Å². The van der Waals surface area contributed by atoms with Crippen LogP contribution in [0, 0.1) is 5.92 Å². The summed E-state index contributed by atoms with van der Waals surface area (Å²) in [6, 6.07) is 11.4. The number of likely N-dealkylation sites (tertiary alicyclic amines) is 1. The van der Waals surface area contributed by atoms with E-state index in [-0.39, 0.29) is 35.8 Å². The number of ether oxygens (including phenoxy) is 3. The Hall–Kier alpha value is -2.83. The van der Waals surface area contributed by atoms with E-state index in [2.05, 4.69) is 24.1 Å². The minimum Gasteiger partial charge on any atom is -0.481 e. The molecule has 1 fully saturated rings. The van der Waals surface area contributed by atoms with Gasteiger partial charge in [0.1, 0.15) is 6.10 Å². The topological polar surface area (TPSA) is 65.1 Å². The maximum Gasteiger partial charge on any atom is 0.310 e. The molecule has 4 aliphatic rings. The third-order valence-corrected chi connectivity index (χ3v) is 8.15. The summed E-state index contributed by atoms with van der Waals surface area (Å²) in [7, 11) is 2.17. The van der Waals surface area contributed by atoms with Gasteiger partial charge in [-0.3, -0.25) is 9.59 Å². The number of likely N-dealkylation sites (N-methyl/N-ethyl adjacent to an activating group) is 1. The molecule has 6 nitrogen and oxygen atoms in total. The van der Waals surface area contributed by atoms with Gasteiger partial charge in [0, 0.05) is 34.9 Å². The van der Waals surface area contributed by atoms with Crippen LogP contribution >= 0.6 is 11.6 Å². The molecule has 0 N–H and O–H groups in total. The van der Waals surface area contributed by atoms with Crippen molar-refractivity contribution in [3.05, 3.63) is 70.3 Å². The summed E-state index contributed by atoms with van der Waals surface area (Å²) in [5.74, 6) is 0.617. The van der Waals surface area contributed by atoms with Crippen molar-refractivity contribution in [1.82, 2.24) is 4.90 Å². The van der Waals surface area contributed by atoms with Crippen molar-refractivity contribution in [1.29, 1.82) is 0 Å². The Morgan fingerprint density at radius 3 is 2.74 bits per heavy atom. The van der Waals surface area contributed by atoms with E-state index in [0.717, 1.165) is 30.5 Å². The highest BCUT2D eigenvalue weighted by molar-refractivity contribution is 6.30. The monoisotopic (exact) mass is 479 g/mol. The Labute approximate surface area is 203 Å². The molecule has 5 atom stereocenters. The van der Waals surface area contributed by atoms with Crippen LogP contribution in [0.15, 0.2) is 48.6 Å². The number of hydrogen-bond donors (Lipinski definition) is 0. The Kier molecular flexibility index (Phi) is 5.01. The lowest BCUT2D eigenvalue weighted by Gasteiger charge is -2.56. The van der Waals surface area contributed by atoms with Gasteiger partial charge in [0.2, 0.25) is 0 Å². The number of carbonyl (C=O) groups excluding carboxylic acids is 2. The van der Waals surface area contributed by atoms with Crippen molar-refractivity contribution < 1.29 is 23.8 Å². The zero-order valence-corrected chi connectivity index (χ0v) is 19.9. The number of carbonyl (C=O) groups is 2. The van der Waals surface area contributed by atoms with Gasteiger partial charge in [-0.05, 0) is 61.8 Å². The van der Waals surface area contributed by atoms with E-state index in [1.807, 2.05) is 24.3 Å². The zero-order valence-electron chi connectivity index (χ0n) is 19.1. The van der Waals surface area contributed by atoms with Crippen LogP contribution in [-0.4, -0.2) is 48.7 Å². The van der Waals surface area contributed by atoms with Crippen LogP contribution in [0.1, 0.15) is 30.0 Å². The number of hydrogen-bond acceptors (Lipinski definition) is 6. The van der Waals surface area contributed by atoms with Crippen LogP contribution in [0.2, 0.25) is 5.02 Å². The smallest absolute Gasteiger partial charge is 0.310 e. The fourth-order valence-corrected chi connectivity index (χ4v) is 6.63. The SMILES string of the molecule is CC(=O)Oc1ccc2c3c1O[C@H]1[C@@H](OC(=O)Cc4ccc(Cl)cc4)C=C[C@H]4[C@@H](C2)N(C)CC[C@@]341. The standard InChI is InChI=1S/C27H26ClNO5/c1-15(30)32-21-9-5-17-14-20-19-8-10-22(33-23(31)13-16-3-6-18(28)7-4-16)26-27(19,11-12-29(20)2)24(17)25(21)34-26/h3-10,19-20,22,26H,11-14H2,1-2H3/t19-,20+,22-,26-,27-/m0/s1. The molecule has 2 bridgehead atoms. The molecule has 2 heterocycles. The van der Waals surface area contributed by atoms with Crippen LogP contribution in [0.3, 0.4) is 0 Å². The molecule has 0 saturated carbocycles. The maximum atomic E-state index is 12.9. The van der Waals surface area contributed by atoms with Crippen LogP contribution < -0.4 is 9.47 Å². The highest BCUT2D eigenvalue weighted by Crippen LogP contribution is 2.62. The van der Waals surface area contributed by atoms with Crippen molar-refractivity contribution in [3.63, 3.8) is 0 Å². The molecule has 7 heteroatoms. The quantitative estimate of drug-likeness (QED) is 0.377. The lowest BCUT2D eigenvalue weighted by atomic mass is 9.53. The molecule has 1 spiro atoms. The molecule has 1 saturated heterocycles. The van der Waals surface area contributed by atoms with Gasteiger partial charge in [0.05, 0.1) is 6.42 Å². The molecular weight excluding hydrogens is 454 g/mol. The number of rotatable bonds is 4. The second kappa shape index (κ2) is 7.85. The van der Waals surface area contributed by atoms with Gasteiger partial charge in [0.15, 0.2) is 17.6 Å². The lowest BCUT2D eigenvalue weighted by Crippen LogP contribution is -2.65. The molecule has 0 radical (unpaired) electrons. The number of esters is 2. The fraction of sp³-hybridized carbons (Fsp3) is 0.407. The number of halogens is 1. The predicted octanol–water partition coefficient (Wildman–Crippen LogP) is 3.86. The van der Waals surface area contributed by atoms with Gasteiger partial charge in [0.25, 0.3) is 0 Å². The average molecular weight is 480 g/mol.